The highest BCUT2D eigenvalue weighted by Gasteiger charge is 2.63. The van der Waals surface area contributed by atoms with Gasteiger partial charge in [-0.15, -0.1) is 0 Å². The van der Waals surface area contributed by atoms with Crippen molar-refractivity contribution in [1.29, 1.82) is 0 Å². The summed E-state index contributed by atoms with van der Waals surface area (Å²) < 4.78 is 69.0. The lowest BCUT2D eigenvalue weighted by Crippen LogP contribution is -2.48. The maximum atomic E-state index is 14.9. The average molecular weight is 814 g/mol. The monoisotopic (exact) mass is 813 g/mol. The van der Waals surface area contributed by atoms with E-state index in [1.54, 1.807) is 25.3 Å². The van der Waals surface area contributed by atoms with Gasteiger partial charge in [-0.25, -0.2) is 12.8 Å². The summed E-state index contributed by atoms with van der Waals surface area (Å²) in [5.41, 5.74) is -1.41. The number of benzene rings is 1. The van der Waals surface area contributed by atoms with Crippen molar-refractivity contribution in [1.82, 2.24) is 14.6 Å². The second-order valence-corrected chi connectivity index (χ2v) is 18.8. The number of ketones is 1. The fourth-order valence-corrected chi connectivity index (χ4v) is 10.0. The predicted molar refractivity (Wildman–Crippen MR) is 205 cm³/mol. The van der Waals surface area contributed by atoms with Gasteiger partial charge in [-0.05, 0) is 79.9 Å². The molecule has 4 heterocycles. The number of Topliss-reactive ketones (excluding diaryl/α,β-unsaturated/α-hetero) is 1. The Labute approximate surface area is 332 Å². The normalized spacial score (nSPS) is 30.8. The molecule has 2 aromatic rings. The van der Waals surface area contributed by atoms with E-state index in [1.807, 2.05) is 25.1 Å². The number of esters is 1. The summed E-state index contributed by atoms with van der Waals surface area (Å²) in [6.45, 7) is 3.46. The van der Waals surface area contributed by atoms with Gasteiger partial charge in [-0.3, -0.25) is 23.9 Å². The number of rotatable bonds is 11. The summed E-state index contributed by atoms with van der Waals surface area (Å²) in [4.78, 5) is 62.9. The molecule has 1 aromatic heterocycles. The Kier molecular flexibility index (Phi) is 11.6. The number of carbonyl (C=O) groups excluding carboxylic acids is 4. The molecule has 4 fully saturated rings. The van der Waals surface area contributed by atoms with Gasteiger partial charge in [0.05, 0.1) is 57.8 Å². The topological polar surface area (TPSA) is 177 Å². The summed E-state index contributed by atoms with van der Waals surface area (Å²) in [6, 6.07) is 6.04. The number of hydrogen-bond donors (Lipinski definition) is 1. The number of aromatic nitrogens is 1. The molecular weight excluding hydrogens is 762 g/mol. The molecule has 0 bridgehead atoms. The van der Waals surface area contributed by atoms with Crippen molar-refractivity contribution in [3.05, 3.63) is 36.4 Å². The minimum atomic E-state index is -4.35. The van der Waals surface area contributed by atoms with Crippen LogP contribution in [0.4, 0.5) is 4.39 Å². The van der Waals surface area contributed by atoms with Crippen LogP contribution in [0.3, 0.4) is 0 Å². The Hall–Kier alpha value is -4.31. The van der Waals surface area contributed by atoms with E-state index in [-0.39, 0.29) is 74.8 Å². The van der Waals surface area contributed by atoms with Gasteiger partial charge in [0.15, 0.2) is 5.78 Å². The van der Waals surface area contributed by atoms with Crippen LogP contribution in [0.2, 0.25) is 0 Å². The molecule has 0 radical (unpaired) electrons. The second-order valence-electron chi connectivity index (χ2n) is 16.7. The molecule has 16 heteroatoms. The molecule has 7 atom stereocenters. The second kappa shape index (κ2) is 16.1. The molecule has 57 heavy (non-hydrogen) atoms. The molecule has 5 aliphatic rings. The molecule has 2 saturated carbocycles. The third-order valence-corrected chi connectivity index (χ3v) is 14.7. The number of methoxy groups -OCH3 is 2. The first-order chi connectivity index (χ1) is 27.2. The van der Waals surface area contributed by atoms with Crippen LogP contribution in [0.1, 0.15) is 71.6 Å². The first kappa shape index (κ1) is 40.9. The van der Waals surface area contributed by atoms with Gasteiger partial charge < -0.3 is 28.6 Å². The Morgan fingerprint density at radius 1 is 1.07 bits per heavy atom. The van der Waals surface area contributed by atoms with Gasteiger partial charge in [0.25, 0.3) is 0 Å². The SMILES string of the molecule is COc1ccc2c(O[C@@H]3C[C@H]4C(=O)C[C@]5(C(=O)NS(=O)(=O)C6(CF)CC6)C[C@H]5/C=C\CC[C@@H](C)C[C@@H](C)[C@H](CC(=O)OC5COC5)C(=O)N4C3)nc(OC)cc2c1. The fourth-order valence-electron chi connectivity index (χ4n) is 8.59. The van der Waals surface area contributed by atoms with Crippen LogP contribution in [0.25, 0.3) is 10.8 Å². The average Bonchev–Trinajstić information content (AvgIpc) is 4.07. The number of pyridine rings is 1. The highest BCUT2D eigenvalue weighted by molar-refractivity contribution is 7.91. The van der Waals surface area contributed by atoms with Crippen molar-refractivity contribution >= 4 is 44.4 Å². The number of halogens is 1. The molecule has 14 nitrogen and oxygen atoms in total. The molecule has 2 saturated heterocycles. The van der Waals surface area contributed by atoms with Crippen LogP contribution in [0.5, 0.6) is 17.5 Å². The molecule has 2 amide bonds. The number of fused-ring (bicyclic) bond motifs is 3. The molecule has 1 aromatic carbocycles. The van der Waals surface area contributed by atoms with Crippen LogP contribution in [0, 0.1) is 29.1 Å². The Balaban J connectivity index is 1.22. The third kappa shape index (κ3) is 8.34. The third-order valence-electron chi connectivity index (χ3n) is 12.6. The van der Waals surface area contributed by atoms with Crippen molar-refractivity contribution in [3.8, 4) is 17.5 Å². The summed E-state index contributed by atoms with van der Waals surface area (Å²) in [5, 5.41) is 1.37. The van der Waals surface area contributed by atoms with Gasteiger partial charge in [0.1, 0.15) is 29.4 Å². The summed E-state index contributed by atoms with van der Waals surface area (Å²) >= 11 is 0. The zero-order valence-electron chi connectivity index (χ0n) is 32.9. The fraction of sp³-hybridized carbons (Fsp3) is 0.634. The number of nitrogens with one attached hydrogen (secondary N) is 1. The van der Waals surface area contributed by atoms with Crippen LogP contribution in [-0.4, -0.2) is 106 Å². The van der Waals surface area contributed by atoms with Crippen LogP contribution in [-0.2, 0) is 38.7 Å². The van der Waals surface area contributed by atoms with E-state index in [4.69, 9.17) is 23.7 Å². The molecule has 310 valence electrons. The van der Waals surface area contributed by atoms with Crippen molar-refractivity contribution in [2.45, 2.75) is 94.6 Å². The smallest absolute Gasteiger partial charge is 0.307 e. The predicted octanol–water partition coefficient (Wildman–Crippen LogP) is 4.47. The molecule has 2 aliphatic carbocycles. The maximum Gasteiger partial charge on any atom is 0.307 e. The first-order valence-electron chi connectivity index (χ1n) is 19.8. The number of alkyl halides is 1. The van der Waals surface area contributed by atoms with Gasteiger partial charge in [0, 0.05) is 24.3 Å². The van der Waals surface area contributed by atoms with E-state index in [0.717, 1.165) is 11.8 Å². The van der Waals surface area contributed by atoms with Crippen LogP contribution < -0.4 is 18.9 Å². The maximum absolute atomic E-state index is 14.9. The number of hydrogen-bond acceptors (Lipinski definition) is 12. The lowest BCUT2D eigenvalue weighted by atomic mass is 9.82. The van der Waals surface area contributed by atoms with Crippen molar-refractivity contribution in [2.24, 2.45) is 29.1 Å². The van der Waals surface area contributed by atoms with E-state index in [2.05, 4.69) is 16.6 Å². The van der Waals surface area contributed by atoms with E-state index in [9.17, 15) is 32.0 Å². The summed E-state index contributed by atoms with van der Waals surface area (Å²) in [5.74, 6) is -2.48. The summed E-state index contributed by atoms with van der Waals surface area (Å²) in [7, 11) is -1.31. The van der Waals surface area contributed by atoms with Crippen molar-refractivity contribution in [2.75, 3.05) is 40.7 Å². The zero-order chi connectivity index (χ0) is 40.7. The summed E-state index contributed by atoms with van der Waals surface area (Å²) in [6.07, 6.45) is 4.69. The van der Waals surface area contributed by atoms with Gasteiger partial charge in [0.2, 0.25) is 33.6 Å². The number of amides is 2. The largest absolute Gasteiger partial charge is 0.497 e. The Morgan fingerprint density at radius 2 is 1.84 bits per heavy atom. The van der Waals surface area contributed by atoms with E-state index in [1.165, 1.54) is 12.0 Å². The van der Waals surface area contributed by atoms with Gasteiger partial charge in [-0.2, -0.15) is 4.98 Å². The van der Waals surface area contributed by atoms with E-state index >= 15 is 0 Å². The van der Waals surface area contributed by atoms with E-state index < -0.39 is 74.4 Å². The first-order valence-corrected chi connectivity index (χ1v) is 21.3. The quantitative estimate of drug-likeness (QED) is 0.249. The van der Waals surface area contributed by atoms with Crippen molar-refractivity contribution < 1.29 is 55.7 Å². The minimum Gasteiger partial charge on any atom is -0.497 e. The highest BCUT2D eigenvalue weighted by atomic mass is 32.2. The van der Waals surface area contributed by atoms with Gasteiger partial charge in [-0.1, -0.05) is 26.0 Å². The molecule has 0 unspecified atom stereocenters. The number of nitrogens with zero attached hydrogens (tertiary/aromatic N) is 2. The zero-order valence-corrected chi connectivity index (χ0v) is 33.7. The lowest BCUT2D eigenvalue weighted by molar-refractivity contribution is -0.175. The molecular formula is C41H52FN3O11S. The number of allylic oxidation sites excluding steroid dienone is 2. The molecule has 3 aliphatic heterocycles. The minimum absolute atomic E-state index is 0.0218. The molecule has 7 rings (SSSR count). The van der Waals surface area contributed by atoms with E-state index in [0.29, 0.717) is 37.2 Å². The van der Waals surface area contributed by atoms with Crippen LogP contribution in [0.15, 0.2) is 36.4 Å². The molecule has 0 spiro atoms. The highest BCUT2D eigenvalue weighted by Crippen LogP contribution is 2.58. The van der Waals surface area contributed by atoms with Gasteiger partial charge >= 0.3 is 5.97 Å². The van der Waals surface area contributed by atoms with Crippen molar-refractivity contribution in [3.63, 3.8) is 0 Å². The number of ether oxygens (including phenoxy) is 5. The lowest BCUT2D eigenvalue weighted by Gasteiger charge is -2.33. The number of sulfonamides is 1. The Bertz CT molecular complexity index is 2030. The molecule has 1 N–H and O–H groups in total. The standard InChI is InChI=1S/C41H52FN3O11S/c1-24-7-5-6-8-27-18-41(27,39(49)44-57(50,51)40(23-42)11-12-40)19-34(46)33-16-29(56-37-31-10-9-28(52-3)14-26(31)15-35(43-37)53-4)20-45(33)38(48)32(25(2)13-24)17-36(47)55-30-21-54-22-30/h6,8-10,14-15,24-25,27,29-30,32-33H,5,7,11-13,16-23H2,1-4H3,(H,44,49)/b8-6-/t24-,25-,27-,29-,32+,33+,41-/m1/s1. The Morgan fingerprint density at radius 3 is 2.51 bits per heavy atom. The van der Waals surface area contributed by atoms with Crippen LogP contribution >= 0.6 is 0 Å². The number of carbonyl (C=O) groups is 4.